The van der Waals surface area contributed by atoms with Crippen LogP contribution in [0.3, 0.4) is 0 Å². The Morgan fingerprint density at radius 3 is 2.26 bits per heavy atom. The Balaban J connectivity index is 1.70. The van der Waals surface area contributed by atoms with Crippen molar-refractivity contribution in [3.63, 3.8) is 0 Å². The molecule has 3 N–H and O–H groups in total. The highest BCUT2D eigenvalue weighted by molar-refractivity contribution is 5.96. The quantitative estimate of drug-likeness (QED) is 0.516. The number of hydrogen-bond acceptors (Lipinski definition) is 3. The maximum absolute atomic E-state index is 13.8. The molecule has 0 radical (unpaired) electrons. The maximum Gasteiger partial charge on any atom is 0.251 e. The molecule has 5 nitrogen and oxygen atoms in total. The lowest BCUT2D eigenvalue weighted by molar-refractivity contribution is -0.115. The Hall–Kier alpha value is -3.51. The van der Waals surface area contributed by atoms with Gasteiger partial charge in [-0.15, -0.1) is 0 Å². The van der Waals surface area contributed by atoms with E-state index >= 15 is 0 Å². The zero-order valence-electron chi connectivity index (χ0n) is 17.6. The highest BCUT2D eigenvalue weighted by atomic mass is 19.1. The van der Waals surface area contributed by atoms with Gasteiger partial charge in [0.25, 0.3) is 5.91 Å². The predicted molar refractivity (Wildman–Crippen MR) is 121 cm³/mol. The minimum absolute atomic E-state index is 0.0356. The summed E-state index contributed by atoms with van der Waals surface area (Å²) in [6.45, 7) is 2.12. The third-order valence-electron chi connectivity index (χ3n) is 5.03. The number of benzene rings is 3. The fourth-order valence-corrected chi connectivity index (χ4v) is 3.31. The average Bonchev–Trinajstić information content (AvgIpc) is 2.79. The molecule has 6 heteroatoms. The average molecular weight is 420 g/mol. The molecule has 0 unspecified atom stereocenters. The first kappa shape index (κ1) is 22.2. The molecule has 0 aliphatic rings. The molecule has 3 rings (SSSR count). The van der Waals surface area contributed by atoms with Crippen LogP contribution in [0, 0.1) is 5.82 Å². The number of carbonyl (C=O) groups is 2. The number of aryl methyl sites for hydroxylation is 1. The van der Waals surface area contributed by atoms with E-state index < -0.39 is 0 Å². The van der Waals surface area contributed by atoms with Crippen LogP contribution in [0.5, 0.6) is 0 Å². The molecule has 0 heterocycles. The fraction of sp³-hybridized carbons (Fsp3) is 0.200. The molecule has 3 aromatic carbocycles. The van der Waals surface area contributed by atoms with Crippen LogP contribution in [-0.2, 0) is 11.2 Å². The van der Waals surface area contributed by atoms with Crippen LogP contribution in [0.25, 0.3) is 0 Å². The Morgan fingerprint density at radius 2 is 1.65 bits per heavy atom. The maximum atomic E-state index is 13.8. The topological polar surface area (TPSA) is 70.2 Å². The summed E-state index contributed by atoms with van der Waals surface area (Å²) in [5, 5.41) is 8.59. The van der Waals surface area contributed by atoms with Crippen molar-refractivity contribution in [3.05, 3.63) is 101 Å². The van der Waals surface area contributed by atoms with Crippen molar-refractivity contribution in [2.75, 3.05) is 18.9 Å². The first-order valence-corrected chi connectivity index (χ1v) is 10.2. The van der Waals surface area contributed by atoms with Crippen LogP contribution < -0.4 is 16.0 Å². The minimum Gasteiger partial charge on any atom is -0.355 e. The van der Waals surface area contributed by atoms with Crippen molar-refractivity contribution in [1.29, 1.82) is 0 Å². The van der Waals surface area contributed by atoms with Crippen LogP contribution >= 0.6 is 0 Å². The Bertz CT molecular complexity index is 1030. The number of nitrogens with one attached hydrogen (secondary N) is 3. The van der Waals surface area contributed by atoms with E-state index in [1.807, 2.05) is 30.3 Å². The van der Waals surface area contributed by atoms with Crippen LogP contribution in [0.15, 0.2) is 72.8 Å². The van der Waals surface area contributed by atoms with E-state index in [0.717, 1.165) is 17.5 Å². The van der Waals surface area contributed by atoms with Crippen molar-refractivity contribution in [3.8, 4) is 0 Å². The molecule has 160 valence electrons. The molecule has 3 aromatic rings. The molecule has 1 atom stereocenters. The van der Waals surface area contributed by atoms with Gasteiger partial charge in [0, 0.05) is 18.3 Å². The summed E-state index contributed by atoms with van der Waals surface area (Å²) in [4.78, 5) is 24.1. The molecule has 0 aliphatic carbocycles. The normalized spacial score (nSPS) is 11.6. The van der Waals surface area contributed by atoms with Crippen LogP contribution in [0.2, 0.25) is 0 Å². The minimum atomic E-state index is -0.331. The first-order valence-electron chi connectivity index (χ1n) is 10.2. The number of rotatable bonds is 8. The monoisotopic (exact) mass is 419 g/mol. The second-order valence-corrected chi connectivity index (χ2v) is 7.17. The molecule has 0 saturated heterocycles. The van der Waals surface area contributed by atoms with Gasteiger partial charge in [0.15, 0.2) is 0 Å². The summed E-state index contributed by atoms with van der Waals surface area (Å²) >= 11 is 0. The molecule has 31 heavy (non-hydrogen) atoms. The van der Waals surface area contributed by atoms with Gasteiger partial charge >= 0.3 is 0 Å². The fourth-order valence-electron chi connectivity index (χ4n) is 3.31. The van der Waals surface area contributed by atoms with Gasteiger partial charge in [-0.05, 0) is 59.5 Å². The summed E-state index contributed by atoms with van der Waals surface area (Å²) in [7, 11) is 1.56. The predicted octanol–water partition coefficient (Wildman–Crippen LogP) is 4.07. The third-order valence-corrected chi connectivity index (χ3v) is 5.03. The van der Waals surface area contributed by atoms with Gasteiger partial charge in [0.05, 0.1) is 12.6 Å². The van der Waals surface area contributed by atoms with E-state index in [-0.39, 0.29) is 30.2 Å². The van der Waals surface area contributed by atoms with E-state index in [1.165, 1.54) is 17.7 Å². The number of hydrogen-bond donors (Lipinski definition) is 3. The van der Waals surface area contributed by atoms with E-state index in [1.54, 1.807) is 37.4 Å². The largest absolute Gasteiger partial charge is 0.355 e. The molecular weight excluding hydrogens is 393 g/mol. The summed E-state index contributed by atoms with van der Waals surface area (Å²) in [6, 6.07) is 20.8. The van der Waals surface area contributed by atoms with E-state index in [4.69, 9.17) is 0 Å². The first-order chi connectivity index (χ1) is 15.0. The standard InChI is InChI=1S/C25H26FN3O2/c1-3-17-7-9-18(10-8-17)24(20-5-4-6-21(26)15-20)28-16-23(30)29-22-13-11-19(12-14-22)25(31)27-2/h4-15,24,28H,3,16H2,1-2H3,(H,27,31)(H,29,30)/t24-/m1/s1. The lowest BCUT2D eigenvalue weighted by Crippen LogP contribution is -2.32. The molecule has 2 amide bonds. The molecule has 0 aliphatic heterocycles. The molecule has 0 spiro atoms. The van der Waals surface area contributed by atoms with Crippen molar-refractivity contribution in [1.82, 2.24) is 10.6 Å². The van der Waals surface area contributed by atoms with E-state index in [2.05, 4.69) is 22.9 Å². The molecule has 0 bridgehead atoms. The number of carbonyl (C=O) groups excluding carboxylic acids is 2. The number of anilines is 1. The second-order valence-electron chi connectivity index (χ2n) is 7.17. The van der Waals surface area contributed by atoms with Gasteiger partial charge in [0.2, 0.25) is 5.91 Å². The lowest BCUT2D eigenvalue weighted by atomic mass is 9.97. The highest BCUT2D eigenvalue weighted by Gasteiger charge is 2.16. The number of halogens is 1. The van der Waals surface area contributed by atoms with Crippen LogP contribution in [-0.4, -0.2) is 25.4 Å². The number of amides is 2. The van der Waals surface area contributed by atoms with Gasteiger partial charge in [-0.25, -0.2) is 4.39 Å². The second kappa shape index (κ2) is 10.5. The molecule has 0 fully saturated rings. The van der Waals surface area contributed by atoms with E-state index in [0.29, 0.717) is 11.3 Å². The van der Waals surface area contributed by atoms with Crippen molar-refractivity contribution in [2.24, 2.45) is 0 Å². The smallest absolute Gasteiger partial charge is 0.251 e. The summed E-state index contributed by atoms with van der Waals surface area (Å²) < 4.78 is 13.8. The summed E-state index contributed by atoms with van der Waals surface area (Å²) in [5.74, 6) is -0.749. The third kappa shape index (κ3) is 5.99. The lowest BCUT2D eigenvalue weighted by Gasteiger charge is -2.20. The van der Waals surface area contributed by atoms with Gasteiger partial charge in [-0.1, -0.05) is 43.3 Å². The van der Waals surface area contributed by atoms with Gasteiger partial charge in [-0.2, -0.15) is 0 Å². The zero-order valence-corrected chi connectivity index (χ0v) is 17.6. The van der Waals surface area contributed by atoms with Crippen molar-refractivity contribution in [2.45, 2.75) is 19.4 Å². The van der Waals surface area contributed by atoms with Crippen molar-refractivity contribution < 1.29 is 14.0 Å². The highest BCUT2D eigenvalue weighted by Crippen LogP contribution is 2.23. The Kier molecular flexibility index (Phi) is 7.51. The van der Waals surface area contributed by atoms with Gasteiger partial charge in [-0.3, -0.25) is 14.9 Å². The van der Waals surface area contributed by atoms with Gasteiger partial charge < -0.3 is 10.6 Å². The van der Waals surface area contributed by atoms with Crippen LogP contribution in [0.1, 0.15) is 40.0 Å². The van der Waals surface area contributed by atoms with Gasteiger partial charge in [0.1, 0.15) is 5.82 Å². The van der Waals surface area contributed by atoms with Crippen LogP contribution in [0.4, 0.5) is 10.1 Å². The van der Waals surface area contributed by atoms with Crippen molar-refractivity contribution >= 4 is 17.5 Å². The molecule has 0 saturated carbocycles. The SMILES string of the molecule is CCc1ccc([C@@H](NCC(=O)Nc2ccc(C(=O)NC)cc2)c2cccc(F)c2)cc1. The van der Waals surface area contributed by atoms with E-state index in [9.17, 15) is 14.0 Å². The molecule has 0 aromatic heterocycles. The Labute approximate surface area is 181 Å². The molecular formula is C25H26FN3O2. The summed E-state index contributed by atoms with van der Waals surface area (Å²) in [5.41, 5.74) is 4.01. The Morgan fingerprint density at radius 1 is 0.935 bits per heavy atom. The zero-order chi connectivity index (χ0) is 22.2. The summed E-state index contributed by atoms with van der Waals surface area (Å²) in [6.07, 6.45) is 0.930.